The minimum Gasteiger partial charge on any atom is -0.462 e. The molecule has 0 aromatic rings. The number of hydrogen-bond donors (Lipinski definition) is 3. The Morgan fingerprint density at radius 2 is 0.561 bits per heavy atom. The Morgan fingerprint density at radius 1 is 0.296 bits per heavy atom. The fourth-order valence-corrected chi connectivity index (χ4v) is 11.4. The lowest BCUT2D eigenvalue weighted by molar-refractivity contribution is -0.161. The van der Waals surface area contributed by atoms with Crippen LogP contribution in [-0.2, 0) is 65.4 Å². The monoisotopic (exact) mass is 1420 g/mol. The highest BCUT2D eigenvalue weighted by molar-refractivity contribution is 7.47. The smallest absolute Gasteiger partial charge is 0.462 e. The van der Waals surface area contributed by atoms with Crippen LogP contribution >= 0.6 is 15.6 Å². The molecule has 0 aliphatic heterocycles. The number of carbonyl (C=O) groups excluding carboxylic acids is 4. The van der Waals surface area contributed by atoms with Crippen LogP contribution in [0.25, 0.3) is 0 Å². The van der Waals surface area contributed by atoms with Crippen molar-refractivity contribution >= 4 is 39.5 Å². The van der Waals surface area contributed by atoms with Crippen molar-refractivity contribution in [3.05, 3.63) is 109 Å². The zero-order valence-corrected chi connectivity index (χ0v) is 63.2. The topological polar surface area (TPSA) is 237 Å². The van der Waals surface area contributed by atoms with Crippen LogP contribution in [0.4, 0.5) is 0 Å². The summed E-state index contributed by atoms with van der Waals surface area (Å²) in [6.07, 6.45) is 75.1. The van der Waals surface area contributed by atoms with E-state index in [9.17, 15) is 43.2 Å². The molecule has 98 heavy (non-hydrogen) atoms. The van der Waals surface area contributed by atoms with Crippen molar-refractivity contribution in [1.82, 2.24) is 0 Å². The zero-order valence-electron chi connectivity index (χ0n) is 61.4. The maximum absolute atomic E-state index is 13.1. The summed E-state index contributed by atoms with van der Waals surface area (Å²) < 4.78 is 68.4. The Hall–Kier alpha value is -4.28. The molecule has 0 aliphatic carbocycles. The SMILES string of the molecule is CC/C=C\C/C=C\C/C=C\C/C=C\CCCCCCCCC(=O)OCC(COP(=O)(O)OCC(O)COP(=O)(O)OCC(COC(=O)CCCCCCC/C=C\C/C=C\CCC)OC(=O)CCCCCCC/C=C\CCCC)OC(=O)CCCCCCC/C=C\C/C=C\CCCCC. The van der Waals surface area contributed by atoms with Gasteiger partial charge in [0.05, 0.1) is 26.4 Å². The second-order valence-corrected chi connectivity index (χ2v) is 28.1. The molecule has 0 aromatic heterocycles. The lowest BCUT2D eigenvalue weighted by Gasteiger charge is -2.21. The Balaban J connectivity index is 5.35. The minimum atomic E-state index is -4.98. The fourth-order valence-electron chi connectivity index (χ4n) is 9.85. The number of hydrogen-bond acceptors (Lipinski definition) is 15. The maximum Gasteiger partial charge on any atom is 0.472 e. The molecule has 5 atom stereocenters. The lowest BCUT2D eigenvalue weighted by atomic mass is 10.1. The highest BCUT2D eigenvalue weighted by Crippen LogP contribution is 2.45. The predicted octanol–water partition coefficient (Wildman–Crippen LogP) is 21.8. The predicted molar refractivity (Wildman–Crippen MR) is 399 cm³/mol. The van der Waals surface area contributed by atoms with Gasteiger partial charge < -0.3 is 33.8 Å². The number of phosphoric ester groups is 2. The van der Waals surface area contributed by atoms with E-state index in [4.69, 9.17) is 37.0 Å². The Bertz CT molecular complexity index is 2290. The standard InChI is InChI=1S/C79H136O17P2/c1-5-9-13-17-21-25-29-32-34-35-36-37-39-41-45-48-52-56-60-64-77(82)90-70-75(96-79(84)66-62-58-54-50-46-42-38-33-30-26-22-18-14-10-6-2)72-94-98(87,88)92-68-73(80)67-91-97(85,86)93-71-74(95-78(83)65-61-57-53-49-43-28-24-20-16-12-8-4)69-89-76(81)63-59-55-51-47-44-40-31-27-23-19-15-11-7-3/h9,13,15,19-22,24-27,31-34,36-38,73-75,80H,5-8,10-12,14,16-18,23,28-30,35,39-72H2,1-4H3,(H,85,86)(H,87,88)/b13-9-,19-15-,24-20-,25-21-,26-22-,31-27-,34-32-,37-36-,38-33-. The molecule has 5 unspecified atom stereocenters. The van der Waals surface area contributed by atoms with E-state index in [1.54, 1.807) is 0 Å². The summed E-state index contributed by atoms with van der Waals surface area (Å²) in [4.78, 5) is 72.8. The molecular weight excluding hydrogens is 1280 g/mol. The summed E-state index contributed by atoms with van der Waals surface area (Å²) in [6, 6.07) is 0. The van der Waals surface area contributed by atoms with Gasteiger partial charge in [-0.15, -0.1) is 0 Å². The fraction of sp³-hybridized carbons (Fsp3) is 0.722. The summed E-state index contributed by atoms with van der Waals surface area (Å²) in [5.74, 6) is -2.23. The van der Waals surface area contributed by atoms with Crippen LogP contribution in [0.3, 0.4) is 0 Å². The number of allylic oxidation sites excluding steroid dienone is 18. The second kappa shape index (κ2) is 71.1. The Morgan fingerprint density at radius 3 is 0.898 bits per heavy atom. The summed E-state index contributed by atoms with van der Waals surface area (Å²) in [5, 5.41) is 10.6. The molecule has 0 heterocycles. The summed E-state index contributed by atoms with van der Waals surface area (Å²) in [7, 11) is -9.96. The van der Waals surface area contributed by atoms with Gasteiger partial charge in [0.2, 0.25) is 0 Å². The van der Waals surface area contributed by atoms with E-state index >= 15 is 0 Å². The molecule has 0 amide bonds. The van der Waals surface area contributed by atoms with Crippen molar-refractivity contribution in [2.24, 2.45) is 0 Å². The van der Waals surface area contributed by atoms with E-state index in [0.717, 1.165) is 199 Å². The number of unbranched alkanes of at least 4 members (excludes halogenated alkanes) is 27. The average molecular weight is 1420 g/mol. The van der Waals surface area contributed by atoms with Crippen LogP contribution in [0.5, 0.6) is 0 Å². The molecule has 0 bridgehead atoms. The van der Waals surface area contributed by atoms with E-state index in [2.05, 4.69) is 137 Å². The number of esters is 4. The van der Waals surface area contributed by atoms with Crippen molar-refractivity contribution in [2.45, 2.75) is 329 Å². The molecular formula is C79H136O17P2. The molecule has 0 aliphatic rings. The van der Waals surface area contributed by atoms with Crippen molar-refractivity contribution in [2.75, 3.05) is 39.6 Å². The lowest BCUT2D eigenvalue weighted by Crippen LogP contribution is -2.30. The van der Waals surface area contributed by atoms with Gasteiger partial charge in [0.15, 0.2) is 12.2 Å². The molecule has 0 saturated carbocycles. The quantitative estimate of drug-likeness (QED) is 0.0169. The van der Waals surface area contributed by atoms with Crippen LogP contribution < -0.4 is 0 Å². The van der Waals surface area contributed by atoms with Crippen LogP contribution in [0.1, 0.15) is 310 Å². The highest BCUT2D eigenvalue weighted by Gasteiger charge is 2.30. The van der Waals surface area contributed by atoms with Gasteiger partial charge in [-0.05, 0) is 141 Å². The molecule has 0 spiro atoms. The second-order valence-electron chi connectivity index (χ2n) is 25.2. The van der Waals surface area contributed by atoms with Crippen molar-refractivity contribution in [3.63, 3.8) is 0 Å². The molecule has 0 rings (SSSR count). The molecule has 564 valence electrons. The van der Waals surface area contributed by atoms with Gasteiger partial charge in [-0.3, -0.25) is 37.3 Å². The minimum absolute atomic E-state index is 0.0741. The normalized spacial score (nSPS) is 14.6. The van der Waals surface area contributed by atoms with Crippen LogP contribution in [-0.4, -0.2) is 96.7 Å². The van der Waals surface area contributed by atoms with E-state index in [1.807, 2.05) is 0 Å². The van der Waals surface area contributed by atoms with Crippen molar-refractivity contribution < 1.29 is 80.2 Å². The third kappa shape index (κ3) is 70.2. The third-order valence-electron chi connectivity index (χ3n) is 15.7. The number of ether oxygens (including phenoxy) is 4. The number of phosphoric acid groups is 2. The molecule has 0 aromatic carbocycles. The molecule has 19 heteroatoms. The van der Waals surface area contributed by atoms with Gasteiger partial charge in [0, 0.05) is 25.7 Å². The number of aliphatic hydroxyl groups excluding tert-OH is 1. The van der Waals surface area contributed by atoms with Gasteiger partial charge in [-0.1, -0.05) is 253 Å². The summed E-state index contributed by atoms with van der Waals surface area (Å²) in [6.45, 7) is 4.58. The van der Waals surface area contributed by atoms with Crippen LogP contribution in [0, 0.1) is 0 Å². The molecule has 0 radical (unpaired) electrons. The molecule has 3 N–H and O–H groups in total. The maximum atomic E-state index is 13.1. The zero-order chi connectivity index (χ0) is 71.8. The highest BCUT2D eigenvalue weighted by atomic mass is 31.2. The van der Waals surface area contributed by atoms with Gasteiger partial charge in [0.25, 0.3) is 0 Å². The molecule has 0 fully saturated rings. The van der Waals surface area contributed by atoms with Crippen molar-refractivity contribution in [1.29, 1.82) is 0 Å². The largest absolute Gasteiger partial charge is 0.472 e. The Labute approximate surface area is 594 Å². The van der Waals surface area contributed by atoms with E-state index in [1.165, 1.54) is 32.1 Å². The van der Waals surface area contributed by atoms with Gasteiger partial charge in [-0.2, -0.15) is 0 Å². The number of aliphatic hydroxyl groups is 1. The molecule has 17 nitrogen and oxygen atoms in total. The van der Waals surface area contributed by atoms with Crippen molar-refractivity contribution in [3.8, 4) is 0 Å². The number of carbonyl (C=O) groups is 4. The van der Waals surface area contributed by atoms with Crippen LogP contribution in [0.2, 0.25) is 0 Å². The summed E-state index contributed by atoms with van der Waals surface area (Å²) >= 11 is 0. The van der Waals surface area contributed by atoms with Gasteiger partial charge in [-0.25, -0.2) is 9.13 Å². The van der Waals surface area contributed by atoms with Gasteiger partial charge in [0.1, 0.15) is 19.3 Å². The molecule has 0 saturated heterocycles. The first kappa shape index (κ1) is 93.7. The Kier molecular flexibility index (Phi) is 68.0. The van der Waals surface area contributed by atoms with Crippen LogP contribution in [0.15, 0.2) is 109 Å². The third-order valence-corrected chi connectivity index (χ3v) is 17.6. The first-order chi connectivity index (χ1) is 47.7. The summed E-state index contributed by atoms with van der Waals surface area (Å²) in [5.41, 5.74) is 0. The first-order valence-electron chi connectivity index (χ1n) is 38.1. The van der Waals surface area contributed by atoms with E-state index < -0.39 is 97.5 Å². The number of rotatable bonds is 71. The van der Waals surface area contributed by atoms with E-state index in [0.29, 0.717) is 25.7 Å². The first-order valence-corrected chi connectivity index (χ1v) is 41.1. The average Bonchev–Trinajstić information content (AvgIpc) is 0.992. The van der Waals surface area contributed by atoms with E-state index in [-0.39, 0.29) is 25.7 Å². The van der Waals surface area contributed by atoms with Gasteiger partial charge >= 0.3 is 39.5 Å².